The zero-order valence-corrected chi connectivity index (χ0v) is 2.89. The van der Waals surface area contributed by atoms with Crippen LogP contribution in [0.25, 0.3) is 0 Å². The van der Waals surface area contributed by atoms with Gasteiger partial charge in [0.15, 0.2) is 0 Å². The van der Waals surface area contributed by atoms with Crippen LogP contribution >= 0.6 is 0 Å². The predicted octanol–water partition coefficient (Wildman–Crippen LogP) is -1.90. The van der Waals surface area contributed by atoms with Gasteiger partial charge in [-0.3, -0.25) is 0 Å². The van der Waals surface area contributed by atoms with Crippen LogP contribution in [0.15, 0.2) is 0 Å². The van der Waals surface area contributed by atoms with Crippen LogP contribution in [0.2, 0.25) is 0 Å². The van der Waals surface area contributed by atoms with Crippen LogP contribution < -0.4 is 0 Å². The molecule has 0 bridgehead atoms. The van der Waals surface area contributed by atoms with Crippen LogP contribution in [0.3, 0.4) is 0 Å². The van der Waals surface area contributed by atoms with Gasteiger partial charge in [-0.1, -0.05) is 0 Å². The Morgan fingerprint density at radius 3 is 0.200 bits per heavy atom. The summed E-state index contributed by atoms with van der Waals surface area (Å²) in [5.74, 6) is 0. The van der Waals surface area contributed by atoms with E-state index < -0.39 is 0 Å². The molecule has 5 heteroatoms. The fourth-order valence-electron chi connectivity index (χ4n) is 0. The van der Waals surface area contributed by atoms with E-state index in [-0.39, 0.29) is 42.1 Å². The van der Waals surface area contributed by atoms with Crippen molar-refractivity contribution >= 4 is 42.1 Å². The third kappa shape index (κ3) is 222. The molecule has 0 aromatic heterocycles. The van der Waals surface area contributed by atoms with Gasteiger partial charge >= 0.3 is 0 Å². The van der Waals surface area contributed by atoms with Gasteiger partial charge in [-0.2, -0.15) is 0 Å². The summed E-state index contributed by atoms with van der Waals surface area (Å²) >= 11 is 0. The van der Waals surface area contributed by atoms with E-state index >= 15 is 0 Å². The van der Waals surface area contributed by atoms with E-state index in [0.717, 1.165) is 0 Å². The van der Waals surface area contributed by atoms with E-state index in [1.54, 1.807) is 0 Å². The van der Waals surface area contributed by atoms with Crippen LogP contribution in [-0.4, -0.2) is 42.1 Å². The van der Waals surface area contributed by atoms with Gasteiger partial charge < -0.3 is 0 Å². The Morgan fingerprint density at radius 2 is 0.200 bits per heavy atom. The molecule has 0 fully saturated rings. The lowest BCUT2D eigenvalue weighted by molar-refractivity contribution is 5.75. The maximum atomic E-state index is 0. The molecule has 0 heterocycles. The van der Waals surface area contributed by atoms with Crippen LogP contribution in [0, 0.1) is 0 Å². The molecule has 0 saturated heterocycles. The number of hydrogen-bond donors (Lipinski definition) is 0. The van der Waals surface area contributed by atoms with Gasteiger partial charge in [0.2, 0.25) is 0 Å². The molecule has 0 aliphatic heterocycles. The molecule has 15 valence electrons. The molecule has 0 aliphatic carbocycles. The Hall–Kier alpha value is 0.325. The second-order valence-corrected chi connectivity index (χ2v) is 0. The fourth-order valence-corrected chi connectivity index (χ4v) is 0. The van der Waals surface area contributed by atoms with Crippen LogP contribution in [0.4, 0.5) is 0 Å². The highest BCUT2D eigenvalue weighted by molar-refractivity contribution is 5.76. The van der Waals surface area contributed by atoms with E-state index in [0.29, 0.717) is 0 Å². The molecule has 0 aromatic carbocycles. The molecular weight excluding hydrogens is 54.1 g/mol. The lowest BCUT2D eigenvalue weighted by Crippen LogP contribution is -0.382. The summed E-state index contributed by atoms with van der Waals surface area (Å²) in [6, 6.07) is 0. The first-order chi connectivity index (χ1) is 0. The van der Waals surface area contributed by atoms with Gasteiger partial charge in [-0.05, 0) is 0 Å². The molecule has 0 aromatic rings. The van der Waals surface area contributed by atoms with Crippen LogP contribution in [0.1, 0.15) is 0 Å². The molecular formula is B5. The maximum absolute atomic E-state index is 0. The molecule has 0 unspecified atom stereocenters. The highest BCUT2D eigenvalue weighted by Crippen LogP contribution is -0.377. The van der Waals surface area contributed by atoms with E-state index in [1.165, 1.54) is 0 Å². The molecule has 0 aliphatic rings. The third-order valence-electron chi connectivity index (χ3n) is 0. The zero-order valence-electron chi connectivity index (χ0n) is 2.89. The van der Waals surface area contributed by atoms with Crippen molar-refractivity contribution in [2.75, 3.05) is 0 Å². The summed E-state index contributed by atoms with van der Waals surface area (Å²) in [5.41, 5.74) is 0. The van der Waals surface area contributed by atoms with E-state index in [9.17, 15) is 0 Å². The SMILES string of the molecule is [B].[B].[B].[B].[B]. The standard InChI is InChI=1S/5B. The van der Waals surface area contributed by atoms with E-state index in [2.05, 4.69) is 0 Å². The van der Waals surface area contributed by atoms with E-state index in [1.807, 2.05) is 0 Å². The van der Waals surface area contributed by atoms with Crippen molar-refractivity contribution in [2.45, 2.75) is 0 Å². The fraction of sp³-hybridized carbons (Fsp3) is 0. The smallest absolute Gasteiger partial charge is 0 e. The maximum Gasteiger partial charge on any atom is 0 e. The predicted molar refractivity (Wildman–Crippen MR) is 28.8 cm³/mol. The molecule has 0 rings (SSSR count). The Balaban J connectivity index is 0. The monoisotopic (exact) mass is 55.0 g/mol. The first-order valence-electron chi connectivity index (χ1n) is 0. The second kappa shape index (κ2) is 453. The lowest BCUT2D eigenvalue weighted by Gasteiger charge is -0.00100. The number of rotatable bonds is 0. The zero-order chi connectivity index (χ0) is 0. The molecule has 0 atom stereocenters. The normalized spacial score (nSPS) is 0. The van der Waals surface area contributed by atoms with Gasteiger partial charge in [0, 0.05) is 42.1 Å². The lowest BCUT2D eigenvalue weighted by atomic mass is 10.8. The first-order valence-corrected chi connectivity index (χ1v) is 0. The Labute approximate surface area is 43.0 Å². The van der Waals surface area contributed by atoms with Crippen LogP contribution in [0.5, 0.6) is 0 Å². The number of hydrogen-bond acceptors (Lipinski definition) is 0. The van der Waals surface area contributed by atoms with Crippen molar-refractivity contribution in [1.82, 2.24) is 0 Å². The third-order valence-corrected chi connectivity index (χ3v) is 0. The summed E-state index contributed by atoms with van der Waals surface area (Å²) in [5, 5.41) is 0. The minimum Gasteiger partial charge on any atom is 0 e. The Bertz CT molecular complexity index is 0. The molecule has 0 spiro atoms. The Morgan fingerprint density at radius 1 is 0.200 bits per heavy atom. The molecule has 0 nitrogen and oxygen atoms in total. The topological polar surface area (TPSA) is 0 Å². The van der Waals surface area contributed by atoms with Gasteiger partial charge in [0.1, 0.15) is 0 Å². The molecule has 0 N–H and O–H groups in total. The molecule has 0 saturated carbocycles. The summed E-state index contributed by atoms with van der Waals surface area (Å²) in [7, 11) is 0. The van der Waals surface area contributed by atoms with Crippen molar-refractivity contribution in [3.8, 4) is 0 Å². The van der Waals surface area contributed by atoms with E-state index in [4.69, 9.17) is 0 Å². The largest absolute Gasteiger partial charge is 0 e. The summed E-state index contributed by atoms with van der Waals surface area (Å²) in [4.78, 5) is 0. The first kappa shape index (κ1) is 945. The van der Waals surface area contributed by atoms with Crippen molar-refractivity contribution in [3.63, 3.8) is 0 Å². The minimum absolute atomic E-state index is 0. The minimum atomic E-state index is 0. The molecule has 15 radical (unpaired) electrons. The van der Waals surface area contributed by atoms with Gasteiger partial charge in [0.05, 0.1) is 0 Å². The van der Waals surface area contributed by atoms with Gasteiger partial charge in [-0.15, -0.1) is 0 Å². The summed E-state index contributed by atoms with van der Waals surface area (Å²) in [6.45, 7) is 0. The highest BCUT2D eigenvalue weighted by atomic mass is 10.8. The van der Waals surface area contributed by atoms with Crippen molar-refractivity contribution in [1.29, 1.82) is 0 Å². The second-order valence-electron chi connectivity index (χ2n) is 0. The summed E-state index contributed by atoms with van der Waals surface area (Å²) < 4.78 is 0. The summed E-state index contributed by atoms with van der Waals surface area (Å²) in [6.07, 6.45) is 0. The molecule has 5 heavy (non-hydrogen) atoms. The quantitative estimate of drug-likeness (QED) is 0.283. The Kier molecular flexibility index (Phi) is 85700. The average Bonchev–Trinajstić information content (AvgIpc) is 0. The average molecular weight is 54.1 g/mol. The molecule has 0 amide bonds. The highest BCUT2D eigenvalue weighted by Gasteiger charge is 0.00400. The van der Waals surface area contributed by atoms with Gasteiger partial charge in [-0.25, -0.2) is 0 Å². The van der Waals surface area contributed by atoms with Crippen LogP contribution in [-0.2, 0) is 0 Å². The van der Waals surface area contributed by atoms with Crippen molar-refractivity contribution in [3.05, 3.63) is 0 Å². The van der Waals surface area contributed by atoms with Crippen molar-refractivity contribution < 1.29 is 0 Å². The van der Waals surface area contributed by atoms with Gasteiger partial charge in [0.25, 0.3) is 0 Å². The van der Waals surface area contributed by atoms with Crippen molar-refractivity contribution in [2.24, 2.45) is 0 Å².